The van der Waals surface area contributed by atoms with Gasteiger partial charge in [0.15, 0.2) is 0 Å². The van der Waals surface area contributed by atoms with Gasteiger partial charge in [0, 0.05) is 22.7 Å². The molecule has 1 amide bonds. The topological polar surface area (TPSA) is 20.3 Å². The van der Waals surface area contributed by atoms with Gasteiger partial charge >= 0.3 is 0 Å². The first-order valence-electron chi connectivity index (χ1n) is 6.04. The molecule has 98 valence electrons. The van der Waals surface area contributed by atoms with Gasteiger partial charge in [-0.2, -0.15) is 0 Å². The molecule has 1 rings (SSSR count). The number of halogens is 1. The van der Waals surface area contributed by atoms with Crippen LogP contribution in [0.2, 0.25) is 5.02 Å². The van der Waals surface area contributed by atoms with Crippen molar-refractivity contribution in [3.63, 3.8) is 0 Å². The van der Waals surface area contributed by atoms with Crippen LogP contribution in [0.1, 0.15) is 27.2 Å². The van der Waals surface area contributed by atoms with Crippen molar-refractivity contribution < 1.29 is 4.79 Å². The summed E-state index contributed by atoms with van der Waals surface area (Å²) >= 11 is 5.87. The van der Waals surface area contributed by atoms with Crippen LogP contribution >= 0.6 is 11.6 Å². The van der Waals surface area contributed by atoms with Crippen LogP contribution in [-0.2, 0) is 4.79 Å². The Labute approximate surface area is 114 Å². The number of anilines is 1. The molecule has 0 spiro atoms. The molecule has 0 bridgehead atoms. The van der Waals surface area contributed by atoms with Crippen LogP contribution in [0.15, 0.2) is 36.9 Å². The van der Waals surface area contributed by atoms with Crippen molar-refractivity contribution in [2.75, 3.05) is 11.4 Å². The number of hydrogen-bond donors (Lipinski definition) is 0. The Morgan fingerprint density at radius 3 is 2.33 bits per heavy atom. The van der Waals surface area contributed by atoms with Gasteiger partial charge in [-0.25, -0.2) is 0 Å². The first-order chi connectivity index (χ1) is 8.36. The summed E-state index contributed by atoms with van der Waals surface area (Å²) in [5, 5.41) is 0.672. The van der Waals surface area contributed by atoms with Crippen LogP contribution in [0.25, 0.3) is 0 Å². The number of hydrogen-bond acceptors (Lipinski definition) is 1. The lowest BCUT2D eigenvalue weighted by Gasteiger charge is -2.29. The van der Waals surface area contributed by atoms with E-state index in [9.17, 15) is 4.79 Å². The van der Waals surface area contributed by atoms with E-state index < -0.39 is 5.41 Å². The molecule has 0 aliphatic carbocycles. The van der Waals surface area contributed by atoms with E-state index in [0.717, 1.165) is 12.1 Å². The fraction of sp³-hybridized carbons (Fsp3) is 0.400. The van der Waals surface area contributed by atoms with Crippen LogP contribution in [0.3, 0.4) is 0 Å². The first kappa shape index (κ1) is 14.8. The predicted octanol–water partition coefficient (Wildman–Crippen LogP) is 4.30. The highest BCUT2D eigenvalue weighted by Gasteiger charge is 2.27. The number of amides is 1. The Bertz CT molecular complexity index is 417. The molecule has 0 radical (unpaired) electrons. The van der Waals surface area contributed by atoms with Crippen LogP contribution in [0, 0.1) is 5.41 Å². The smallest absolute Gasteiger partial charge is 0.232 e. The van der Waals surface area contributed by atoms with E-state index in [0.29, 0.717) is 11.6 Å². The number of nitrogens with zero attached hydrogens (tertiary/aromatic N) is 1. The third-order valence-corrected chi connectivity index (χ3v) is 2.83. The molecule has 0 unspecified atom stereocenters. The van der Waals surface area contributed by atoms with Gasteiger partial charge in [0.2, 0.25) is 5.91 Å². The highest BCUT2D eigenvalue weighted by atomic mass is 35.5. The molecule has 0 atom stereocenters. The number of carbonyl (C=O) groups is 1. The maximum atomic E-state index is 12.4. The summed E-state index contributed by atoms with van der Waals surface area (Å²) in [6, 6.07) is 7.34. The van der Waals surface area contributed by atoms with Gasteiger partial charge in [0.05, 0.1) is 0 Å². The zero-order chi connectivity index (χ0) is 13.8. The second-order valence-corrected chi connectivity index (χ2v) is 5.70. The fourth-order valence-corrected chi connectivity index (χ4v) is 1.72. The Balaban J connectivity index is 3.01. The van der Waals surface area contributed by atoms with Crippen molar-refractivity contribution in [1.82, 2.24) is 0 Å². The molecule has 0 aliphatic rings. The molecular weight excluding hydrogens is 246 g/mol. The Morgan fingerprint density at radius 1 is 1.33 bits per heavy atom. The summed E-state index contributed by atoms with van der Waals surface area (Å²) in [6.45, 7) is 10.1. The lowest BCUT2D eigenvalue weighted by Crippen LogP contribution is -2.40. The molecule has 0 aliphatic heterocycles. The zero-order valence-corrected chi connectivity index (χ0v) is 12.0. The minimum Gasteiger partial charge on any atom is -0.312 e. The minimum atomic E-state index is -0.402. The van der Waals surface area contributed by atoms with Gasteiger partial charge in [-0.3, -0.25) is 4.79 Å². The molecule has 18 heavy (non-hydrogen) atoms. The third kappa shape index (κ3) is 3.88. The van der Waals surface area contributed by atoms with Crippen molar-refractivity contribution in [3.05, 3.63) is 41.9 Å². The van der Waals surface area contributed by atoms with Crippen LogP contribution < -0.4 is 4.90 Å². The highest BCUT2D eigenvalue weighted by molar-refractivity contribution is 6.30. The molecule has 2 nitrogen and oxygen atoms in total. The predicted molar refractivity (Wildman–Crippen MR) is 78.1 cm³/mol. The van der Waals surface area contributed by atoms with Crippen molar-refractivity contribution in [3.8, 4) is 0 Å². The van der Waals surface area contributed by atoms with E-state index in [2.05, 4.69) is 6.58 Å². The van der Waals surface area contributed by atoms with E-state index in [-0.39, 0.29) is 5.91 Å². The second-order valence-electron chi connectivity index (χ2n) is 5.26. The van der Waals surface area contributed by atoms with Gasteiger partial charge in [0.25, 0.3) is 0 Å². The van der Waals surface area contributed by atoms with Gasteiger partial charge in [-0.05, 0) is 30.7 Å². The van der Waals surface area contributed by atoms with Crippen molar-refractivity contribution in [2.24, 2.45) is 5.41 Å². The fourth-order valence-electron chi connectivity index (χ4n) is 1.59. The quantitative estimate of drug-likeness (QED) is 0.744. The molecule has 1 aromatic carbocycles. The normalized spacial score (nSPS) is 11.1. The van der Waals surface area contributed by atoms with E-state index in [1.165, 1.54) is 0 Å². The third-order valence-electron chi connectivity index (χ3n) is 2.58. The summed E-state index contributed by atoms with van der Waals surface area (Å²) in [4.78, 5) is 14.2. The summed E-state index contributed by atoms with van der Waals surface area (Å²) in [5.74, 6) is 0.103. The molecular formula is C15H20ClNO. The van der Waals surface area contributed by atoms with E-state index in [1.807, 2.05) is 39.0 Å². The molecule has 0 N–H and O–H groups in total. The number of carbonyl (C=O) groups excluding carboxylic acids is 1. The average molecular weight is 266 g/mol. The first-order valence-corrected chi connectivity index (χ1v) is 6.42. The van der Waals surface area contributed by atoms with Crippen molar-refractivity contribution in [2.45, 2.75) is 27.2 Å². The monoisotopic (exact) mass is 265 g/mol. The van der Waals surface area contributed by atoms with E-state index in [4.69, 9.17) is 11.6 Å². The standard InChI is InChI=1S/C15H20ClNO/c1-5-6-11-17(14(18)15(2,3)4)13-9-7-12(16)8-10-13/h5,7-10H,1,6,11H2,2-4H3. The van der Waals surface area contributed by atoms with Gasteiger partial charge in [-0.1, -0.05) is 38.4 Å². The molecule has 0 saturated carbocycles. The zero-order valence-electron chi connectivity index (χ0n) is 11.2. The molecule has 0 heterocycles. The summed E-state index contributed by atoms with van der Waals surface area (Å²) in [5.41, 5.74) is 0.474. The Kier molecular flexibility index (Phi) is 4.97. The van der Waals surface area contributed by atoms with Crippen molar-refractivity contribution in [1.29, 1.82) is 0 Å². The Morgan fingerprint density at radius 2 is 1.89 bits per heavy atom. The SMILES string of the molecule is C=CCCN(C(=O)C(C)(C)C)c1ccc(Cl)cc1. The summed E-state index contributed by atoms with van der Waals surface area (Å²) in [6.07, 6.45) is 2.59. The number of benzene rings is 1. The van der Waals surface area contributed by atoms with Crippen molar-refractivity contribution >= 4 is 23.2 Å². The molecule has 3 heteroatoms. The van der Waals surface area contributed by atoms with Gasteiger partial charge in [-0.15, -0.1) is 6.58 Å². The molecule has 1 aromatic rings. The highest BCUT2D eigenvalue weighted by Crippen LogP contribution is 2.24. The molecule has 0 saturated heterocycles. The maximum absolute atomic E-state index is 12.4. The Hall–Kier alpha value is -1.28. The average Bonchev–Trinajstić information content (AvgIpc) is 2.30. The van der Waals surface area contributed by atoms with E-state index >= 15 is 0 Å². The van der Waals surface area contributed by atoms with E-state index in [1.54, 1.807) is 17.0 Å². The number of rotatable bonds is 4. The van der Waals surface area contributed by atoms with Gasteiger partial charge < -0.3 is 4.90 Å². The van der Waals surface area contributed by atoms with Gasteiger partial charge in [0.1, 0.15) is 0 Å². The lowest BCUT2D eigenvalue weighted by molar-refractivity contribution is -0.125. The van der Waals surface area contributed by atoms with Crippen LogP contribution in [-0.4, -0.2) is 12.5 Å². The molecule has 0 aromatic heterocycles. The lowest BCUT2D eigenvalue weighted by atomic mass is 9.94. The summed E-state index contributed by atoms with van der Waals surface area (Å²) < 4.78 is 0. The molecule has 0 fully saturated rings. The van der Waals surface area contributed by atoms with Crippen LogP contribution in [0.4, 0.5) is 5.69 Å². The second kappa shape index (κ2) is 6.05. The maximum Gasteiger partial charge on any atom is 0.232 e. The minimum absolute atomic E-state index is 0.103. The summed E-state index contributed by atoms with van der Waals surface area (Å²) in [7, 11) is 0. The largest absolute Gasteiger partial charge is 0.312 e. The van der Waals surface area contributed by atoms with Crippen LogP contribution in [0.5, 0.6) is 0 Å².